The standard InChI is InChI=1S/C20H16ClN3O3S/c1-26-17-7-12-6-13(10-22)20(24-16(12)9-18(17)27-2)28-11-19(25)23-15-5-3-4-14(21)8-15/h3-9H,11H2,1-2H3,(H,23,25). The number of pyridine rings is 1. The fraction of sp³-hybridized carbons (Fsp3) is 0.150. The molecule has 0 radical (unpaired) electrons. The third kappa shape index (κ3) is 4.47. The highest BCUT2D eigenvalue weighted by atomic mass is 35.5. The lowest BCUT2D eigenvalue weighted by Crippen LogP contribution is -2.14. The van der Waals surface area contributed by atoms with Gasteiger partial charge in [0.1, 0.15) is 11.1 Å². The maximum Gasteiger partial charge on any atom is 0.234 e. The minimum Gasteiger partial charge on any atom is -0.493 e. The van der Waals surface area contributed by atoms with Gasteiger partial charge in [0, 0.05) is 22.2 Å². The Kier molecular flexibility index (Phi) is 6.24. The molecule has 6 nitrogen and oxygen atoms in total. The Morgan fingerprint density at radius 1 is 1.21 bits per heavy atom. The summed E-state index contributed by atoms with van der Waals surface area (Å²) in [5, 5.41) is 14.0. The lowest BCUT2D eigenvalue weighted by molar-refractivity contribution is -0.113. The fourth-order valence-corrected chi connectivity index (χ4v) is 3.52. The fourth-order valence-electron chi connectivity index (χ4n) is 2.57. The topological polar surface area (TPSA) is 84.2 Å². The van der Waals surface area contributed by atoms with Gasteiger partial charge in [-0.05, 0) is 30.3 Å². The van der Waals surface area contributed by atoms with Crippen LogP contribution in [-0.2, 0) is 4.79 Å². The molecule has 0 atom stereocenters. The Balaban J connectivity index is 1.81. The monoisotopic (exact) mass is 413 g/mol. The summed E-state index contributed by atoms with van der Waals surface area (Å²) in [4.78, 5) is 16.7. The summed E-state index contributed by atoms with van der Waals surface area (Å²) in [7, 11) is 3.09. The van der Waals surface area contributed by atoms with Crippen molar-refractivity contribution in [2.24, 2.45) is 0 Å². The molecule has 1 aromatic heterocycles. The Bertz CT molecular complexity index is 1080. The Labute approximate surface area is 171 Å². The number of ether oxygens (including phenoxy) is 2. The van der Waals surface area contributed by atoms with Gasteiger partial charge in [-0.3, -0.25) is 4.79 Å². The van der Waals surface area contributed by atoms with Crippen LogP contribution >= 0.6 is 23.4 Å². The Hall–Kier alpha value is -2.95. The van der Waals surface area contributed by atoms with Crippen molar-refractivity contribution in [1.82, 2.24) is 4.98 Å². The molecule has 2 aromatic carbocycles. The van der Waals surface area contributed by atoms with Crippen molar-refractivity contribution in [3.8, 4) is 17.6 Å². The molecule has 0 aliphatic rings. The second-order valence-corrected chi connectivity index (χ2v) is 7.10. The van der Waals surface area contributed by atoms with Crippen molar-refractivity contribution in [2.75, 3.05) is 25.3 Å². The maximum atomic E-state index is 12.2. The minimum absolute atomic E-state index is 0.104. The number of carbonyl (C=O) groups excluding carboxylic acids is 1. The molecule has 3 aromatic rings. The number of benzene rings is 2. The highest BCUT2D eigenvalue weighted by Gasteiger charge is 2.13. The number of nitriles is 1. The van der Waals surface area contributed by atoms with Gasteiger partial charge in [0.15, 0.2) is 11.5 Å². The number of rotatable bonds is 6. The van der Waals surface area contributed by atoms with Crippen LogP contribution in [0.3, 0.4) is 0 Å². The van der Waals surface area contributed by atoms with Gasteiger partial charge in [-0.1, -0.05) is 29.4 Å². The highest BCUT2D eigenvalue weighted by Crippen LogP contribution is 2.33. The van der Waals surface area contributed by atoms with Crippen molar-refractivity contribution in [3.63, 3.8) is 0 Å². The van der Waals surface area contributed by atoms with E-state index in [1.807, 2.05) is 0 Å². The summed E-state index contributed by atoms with van der Waals surface area (Å²) < 4.78 is 10.6. The molecule has 0 unspecified atom stereocenters. The Morgan fingerprint density at radius 2 is 1.96 bits per heavy atom. The van der Waals surface area contributed by atoms with Crippen molar-refractivity contribution in [3.05, 3.63) is 53.1 Å². The van der Waals surface area contributed by atoms with Crippen LogP contribution in [0.1, 0.15) is 5.56 Å². The van der Waals surface area contributed by atoms with Gasteiger partial charge in [0.2, 0.25) is 5.91 Å². The summed E-state index contributed by atoms with van der Waals surface area (Å²) in [6.45, 7) is 0. The van der Waals surface area contributed by atoms with Crippen LogP contribution in [0.25, 0.3) is 10.9 Å². The number of amides is 1. The minimum atomic E-state index is -0.217. The molecule has 28 heavy (non-hydrogen) atoms. The third-order valence-electron chi connectivity index (χ3n) is 3.85. The van der Waals surface area contributed by atoms with Gasteiger partial charge in [-0.25, -0.2) is 4.98 Å². The number of thioether (sulfide) groups is 1. The first-order chi connectivity index (χ1) is 13.5. The van der Waals surface area contributed by atoms with E-state index in [9.17, 15) is 10.1 Å². The average molecular weight is 414 g/mol. The number of anilines is 1. The maximum absolute atomic E-state index is 12.2. The quantitative estimate of drug-likeness (QED) is 0.598. The summed E-state index contributed by atoms with van der Waals surface area (Å²) in [5.74, 6) is 0.988. The van der Waals surface area contributed by atoms with E-state index in [4.69, 9.17) is 21.1 Å². The summed E-state index contributed by atoms with van der Waals surface area (Å²) in [6.07, 6.45) is 0. The van der Waals surface area contributed by atoms with Gasteiger partial charge in [-0.15, -0.1) is 0 Å². The number of hydrogen-bond donors (Lipinski definition) is 1. The number of hydrogen-bond acceptors (Lipinski definition) is 6. The molecule has 1 N–H and O–H groups in total. The first kappa shape index (κ1) is 19.8. The molecule has 0 bridgehead atoms. The molecule has 0 saturated carbocycles. The van der Waals surface area contributed by atoms with E-state index in [1.165, 1.54) is 11.8 Å². The predicted octanol–water partition coefficient (Wildman–Crippen LogP) is 4.51. The summed E-state index contributed by atoms with van der Waals surface area (Å²) in [5.41, 5.74) is 1.65. The third-order valence-corrected chi connectivity index (χ3v) is 5.08. The first-order valence-corrected chi connectivity index (χ1v) is 9.55. The molecule has 0 spiro atoms. The van der Waals surface area contributed by atoms with Gasteiger partial charge < -0.3 is 14.8 Å². The number of methoxy groups -OCH3 is 2. The van der Waals surface area contributed by atoms with E-state index >= 15 is 0 Å². The number of nitrogens with zero attached hydrogens (tertiary/aromatic N) is 2. The smallest absolute Gasteiger partial charge is 0.234 e. The summed E-state index contributed by atoms with van der Waals surface area (Å²) >= 11 is 7.11. The lowest BCUT2D eigenvalue weighted by atomic mass is 10.1. The van der Waals surface area contributed by atoms with Crippen molar-refractivity contribution < 1.29 is 14.3 Å². The first-order valence-electron chi connectivity index (χ1n) is 8.19. The largest absolute Gasteiger partial charge is 0.493 e. The van der Waals surface area contributed by atoms with E-state index in [-0.39, 0.29) is 11.7 Å². The predicted molar refractivity (Wildman–Crippen MR) is 110 cm³/mol. The van der Waals surface area contributed by atoms with E-state index in [2.05, 4.69) is 16.4 Å². The van der Waals surface area contributed by atoms with Crippen LogP contribution in [0.15, 0.2) is 47.5 Å². The van der Waals surface area contributed by atoms with E-state index < -0.39 is 0 Å². The number of carbonyl (C=O) groups is 1. The molecule has 142 valence electrons. The summed E-state index contributed by atoms with van der Waals surface area (Å²) in [6, 6.07) is 14.3. The molecule has 3 rings (SSSR count). The molecular weight excluding hydrogens is 398 g/mol. The molecule has 0 aliphatic heterocycles. The molecule has 0 fully saturated rings. The SMILES string of the molecule is COc1cc2cc(C#N)c(SCC(=O)Nc3cccc(Cl)c3)nc2cc1OC. The van der Waals surface area contributed by atoms with Gasteiger partial charge in [-0.2, -0.15) is 5.26 Å². The molecule has 8 heteroatoms. The van der Waals surface area contributed by atoms with Crippen LogP contribution in [0.2, 0.25) is 5.02 Å². The molecule has 1 amide bonds. The lowest BCUT2D eigenvalue weighted by Gasteiger charge is -2.11. The van der Waals surface area contributed by atoms with Crippen LogP contribution in [0.4, 0.5) is 5.69 Å². The Morgan fingerprint density at radius 3 is 2.64 bits per heavy atom. The normalized spacial score (nSPS) is 10.4. The van der Waals surface area contributed by atoms with E-state index in [0.717, 1.165) is 5.39 Å². The number of aromatic nitrogens is 1. The number of fused-ring (bicyclic) bond motifs is 1. The zero-order valence-corrected chi connectivity index (χ0v) is 16.7. The van der Waals surface area contributed by atoms with Gasteiger partial charge >= 0.3 is 0 Å². The zero-order chi connectivity index (χ0) is 20.1. The average Bonchev–Trinajstić information content (AvgIpc) is 2.70. The number of nitrogens with one attached hydrogen (secondary N) is 1. The van der Waals surface area contributed by atoms with E-state index in [1.54, 1.807) is 56.7 Å². The number of halogens is 1. The van der Waals surface area contributed by atoms with Crippen molar-refractivity contribution in [1.29, 1.82) is 5.26 Å². The molecular formula is C20H16ClN3O3S. The van der Waals surface area contributed by atoms with Crippen molar-refractivity contribution >= 4 is 45.9 Å². The van der Waals surface area contributed by atoms with Gasteiger partial charge in [0.05, 0.1) is 31.1 Å². The second kappa shape index (κ2) is 8.83. The second-order valence-electron chi connectivity index (χ2n) is 5.70. The van der Waals surface area contributed by atoms with Gasteiger partial charge in [0.25, 0.3) is 0 Å². The van der Waals surface area contributed by atoms with Crippen LogP contribution < -0.4 is 14.8 Å². The van der Waals surface area contributed by atoms with Crippen LogP contribution in [0, 0.1) is 11.3 Å². The molecule has 1 heterocycles. The molecule has 0 aliphatic carbocycles. The van der Waals surface area contributed by atoms with E-state index in [0.29, 0.717) is 38.3 Å². The van der Waals surface area contributed by atoms with Crippen LogP contribution in [0.5, 0.6) is 11.5 Å². The highest BCUT2D eigenvalue weighted by molar-refractivity contribution is 8.00. The van der Waals surface area contributed by atoms with Crippen LogP contribution in [-0.4, -0.2) is 30.9 Å². The zero-order valence-electron chi connectivity index (χ0n) is 15.2. The molecule has 0 saturated heterocycles. The van der Waals surface area contributed by atoms with Crippen molar-refractivity contribution in [2.45, 2.75) is 5.03 Å².